The van der Waals surface area contributed by atoms with Crippen molar-refractivity contribution in [3.63, 3.8) is 0 Å². The van der Waals surface area contributed by atoms with Gasteiger partial charge in [0, 0.05) is 24.8 Å². The Morgan fingerprint density at radius 2 is 2.35 bits per heavy atom. The molecular weight excluding hydrogens is 218 g/mol. The van der Waals surface area contributed by atoms with E-state index in [0.717, 1.165) is 31.6 Å². The average Bonchev–Trinajstić information content (AvgIpc) is 2.34. The van der Waals surface area contributed by atoms with E-state index in [1.165, 1.54) is 7.11 Å². The lowest BCUT2D eigenvalue weighted by atomic mass is 10.0. The van der Waals surface area contributed by atoms with Gasteiger partial charge in [-0.15, -0.1) is 0 Å². The summed E-state index contributed by atoms with van der Waals surface area (Å²) < 4.78 is 10.2. The molecule has 0 spiro atoms. The fourth-order valence-corrected chi connectivity index (χ4v) is 2.04. The predicted octanol–water partition coefficient (Wildman–Crippen LogP) is 1.65. The lowest BCUT2D eigenvalue weighted by Gasteiger charge is -2.27. The summed E-state index contributed by atoms with van der Waals surface area (Å²) in [7, 11) is 1.42. The van der Waals surface area contributed by atoms with Crippen LogP contribution in [-0.2, 0) is 14.3 Å². The van der Waals surface area contributed by atoms with E-state index in [9.17, 15) is 4.79 Å². The van der Waals surface area contributed by atoms with Gasteiger partial charge in [0.2, 0.25) is 0 Å². The van der Waals surface area contributed by atoms with Gasteiger partial charge < -0.3 is 14.8 Å². The summed E-state index contributed by atoms with van der Waals surface area (Å²) in [4.78, 5) is 11.3. The second-order valence-corrected chi connectivity index (χ2v) is 4.39. The van der Waals surface area contributed by atoms with Crippen LogP contribution in [0.25, 0.3) is 0 Å². The van der Waals surface area contributed by atoms with Crippen LogP contribution in [0, 0.1) is 0 Å². The standard InChI is InChI=1S/C13H23NO3/c1-4-11(13(15)16-3)5-7-14-12-6-8-17-10(2)9-12/h5,10,12,14H,4,6-9H2,1-3H3. The van der Waals surface area contributed by atoms with E-state index < -0.39 is 0 Å². The van der Waals surface area contributed by atoms with Crippen LogP contribution in [0.3, 0.4) is 0 Å². The molecule has 1 saturated heterocycles. The normalized spacial score (nSPS) is 25.7. The third kappa shape index (κ3) is 4.88. The van der Waals surface area contributed by atoms with Crippen LogP contribution in [0.1, 0.15) is 33.1 Å². The Bertz CT molecular complexity index is 276. The van der Waals surface area contributed by atoms with E-state index in [0.29, 0.717) is 18.6 Å². The van der Waals surface area contributed by atoms with E-state index in [-0.39, 0.29) is 5.97 Å². The summed E-state index contributed by atoms with van der Waals surface area (Å²) in [6, 6.07) is 0.491. The first-order chi connectivity index (χ1) is 8.17. The molecule has 1 N–H and O–H groups in total. The zero-order valence-corrected chi connectivity index (χ0v) is 11.0. The molecule has 0 amide bonds. The van der Waals surface area contributed by atoms with Crippen LogP contribution >= 0.6 is 0 Å². The average molecular weight is 241 g/mol. The number of hydrogen-bond donors (Lipinski definition) is 1. The minimum Gasteiger partial charge on any atom is -0.466 e. The largest absolute Gasteiger partial charge is 0.466 e. The van der Waals surface area contributed by atoms with Crippen LogP contribution in [0.5, 0.6) is 0 Å². The van der Waals surface area contributed by atoms with Crippen molar-refractivity contribution in [1.29, 1.82) is 0 Å². The Balaban J connectivity index is 2.34. The number of carbonyl (C=O) groups excluding carboxylic acids is 1. The van der Waals surface area contributed by atoms with Gasteiger partial charge in [-0.3, -0.25) is 0 Å². The van der Waals surface area contributed by atoms with E-state index in [4.69, 9.17) is 9.47 Å². The monoisotopic (exact) mass is 241 g/mol. The highest BCUT2D eigenvalue weighted by Gasteiger charge is 2.18. The maximum atomic E-state index is 11.3. The molecule has 4 heteroatoms. The molecule has 1 rings (SSSR count). The second-order valence-electron chi connectivity index (χ2n) is 4.39. The number of esters is 1. The van der Waals surface area contributed by atoms with Gasteiger partial charge in [0.25, 0.3) is 0 Å². The van der Waals surface area contributed by atoms with Gasteiger partial charge in [-0.2, -0.15) is 0 Å². The van der Waals surface area contributed by atoms with Gasteiger partial charge in [0.1, 0.15) is 0 Å². The quantitative estimate of drug-likeness (QED) is 0.587. The predicted molar refractivity (Wildman–Crippen MR) is 66.8 cm³/mol. The van der Waals surface area contributed by atoms with Crippen LogP contribution in [-0.4, -0.2) is 38.4 Å². The molecule has 0 radical (unpaired) electrons. The third-order valence-corrected chi connectivity index (χ3v) is 3.07. The van der Waals surface area contributed by atoms with Gasteiger partial charge in [0.05, 0.1) is 13.2 Å². The SMILES string of the molecule is CCC(=CCNC1CCOC(C)C1)C(=O)OC. The van der Waals surface area contributed by atoms with E-state index in [1.807, 2.05) is 13.0 Å². The Morgan fingerprint density at radius 1 is 1.59 bits per heavy atom. The molecule has 0 aromatic rings. The molecule has 1 aliphatic rings. The molecule has 98 valence electrons. The van der Waals surface area contributed by atoms with Gasteiger partial charge in [-0.1, -0.05) is 13.0 Å². The van der Waals surface area contributed by atoms with Crippen molar-refractivity contribution < 1.29 is 14.3 Å². The molecule has 0 saturated carbocycles. The molecule has 1 fully saturated rings. The number of ether oxygens (including phenoxy) is 2. The molecule has 0 bridgehead atoms. The summed E-state index contributed by atoms with van der Waals surface area (Å²) in [6.45, 7) is 5.59. The van der Waals surface area contributed by atoms with E-state index in [2.05, 4.69) is 12.2 Å². The fraction of sp³-hybridized carbons (Fsp3) is 0.769. The molecular formula is C13H23NO3. The Kier molecular flexibility index (Phi) is 6.22. The smallest absolute Gasteiger partial charge is 0.333 e. The van der Waals surface area contributed by atoms with Crippen LogP contribution < -0.4 is 5.32 Å². The van der Waals surface area contributed by atoms with Crippen molar-refractivity contribution in [2.24, 2.45) is 0 Å². The van der Waals surface area contributed by atoms with Crippen LogP contribution in [0.4, 0.5) is 0 Å². The van der Waals surface area contributed by atoms with Crippen molar-refractivity contribution in [1.82, 2.24) is 5.32 Å². The molecule has 0 aromatic carbocycles. The van der Waals surface area contributed by atoms with Crippen LogP contribution in [0.15, 0.2) is 11.6 Å². The minimum absolute atomic E-state index is 0.227. The third-order valence-electron chi connectivity index (χ3n) is 3.07. The summed E-state index contributed by atoms with van der Waals surface area (Å²) in [5.74, 6) is -0.227. The first-order valence-corrected chi connectivity index (χ1v) is 6.29. The fourth-order valence-electron chi connectivity index (χ4n) is 2.04. The number of nitrogens with one attached hydrogen (secondary N) is 1. The highest BCUT2D eigenvalue weighted by atomic mass is 16.5. The zero-order valence-electron chi connectivity index (χ0n) is 11.0. The summed E-state index contributed by atoms with van der Waals surface area (Å²) in [6.07, 6.45) is 5.03. The Hall–Kier alpha value is -0.870. The molecule has 17 heavy (non-hydrogen) atoms. The highest BCUT2D eigenvalue weighted by Crippen LogP contribution is 2.13. The molecule has 2 atom stereocenters. The van der Waals surface area contributed by atoms with Gasteiger partial charge >= 0.3 is 5.97 Å². The number of methoxy groups -OCH3 is 1. The number of carbonyl (C=O) groups is 1. The topological polar surface area (TPSA) is 47.6 Å². The number of rotatable bonds is 5. The first kappa shape index (κ1) is 14.2. The van der Waals surface area contributed by atoms with Crippen molar-refractivity contribution in [2.45, 2.75) is 45.3 Å². The molecule has 1 aliphatic heterocycles. The lowest BCUT2D eigenvalue weighted by molar-refractivity contribution is -0.136. The highest BCUT2D eigenvalue weighted by molar-refractivity contribution is 5.88. The molecule has 0 aliphatic carbocycles. The minimum atomic E-state index is -0.227. The summed E-state index contributed by atoms with van der Waals surface area (Å²) >= 11 is 0. The molecule has 1 heterocycles. The van der Waals surface area contributed by atoms with E-state index >= 15 is 0 Å². The van der Waals surface area contributed by atoms with Crippen molar-refractivity contribution in [2.75, 3.05) is 20.3 Å². The maximum Gasteiger partial charge on any atom is 0.333 e. The Labute approximate surface area is 103 Å². The van der Waals surface area contributed by atoms with Gasteiger partial charge in [-0.05, 0) is 26.2 Å². The molecule has 0 aromatic heterocycles. The second kappa shape index (κ2) is 7.45. The first-order valence-electron chi connectivity index (χ1n) is 6.29. The number of hydrogen-bond acceptors (Lipinski definition) is 4. The lowest BCUT2D eigenvalue weighted by Crippen LogP contribution is -2.38. The maximum absolute atomic E-state index is 11.3. The summed E-state index contributed by atoms with van der Waals surface area (Å²) in [5.41, 5.74) is 0.736. The zero-order chi connectivity index (χ0) is 12.7. The van der Waals surface area contributed by atoms with Crippen molar-refractivity contribution >= 4 is 5.97 Å². The van der Waals surface area contributed by atoms with Crippen molar-refractivity contribution in [3.05, 3.63) is 11.6 Å². The van der Waals surface area contributed by atoms with Crippen molar-refractivity contribution in [3.8, 4) is 0 Å². The molecule has 2 unspecified atom stereocenters. The molecule has 4 nitrogen and oxygen atoms in total. The van der Waals surface area contributed by atoms with Gasteiger partial charge in [0.15, 0.2) is 0 Å². The summed E-state index contributed by atoms with van der Waals surface area (Å²) in [5, 5.41) is 3.43. The Morgan fingerprint density at radius 3 is 2.94 bits per heavy atom. The van der Waals surface area contributed by atoms with E-state index in [1.54, 1.807) is 0 Å². The van der Waals surface area contributed by atoms with Crippen LogP contribution in [0.2, 0.25) is 0 Å². The van der Waals surface area contributed by atoms with Gasteiger partial charge in [-0.25, -0.2) is 4.79 Å².